The molecule has 0 atom stereocenters. The SMILES string of the molecule is CC(C)Nc1nc(-c2ccc3c(c2)OCO3)c2c(N)n(C)nc2n1. The number of nitrogens with zero attached hydrogens (tertiary/aromatic N) is 4. The van der Waals surface area contributed by atoms with Crippen LogP contribution in [0.4, 0.5) is 11.8 Å². The first kappa shape index (κ1) is 14.6. The van der Waals surface area contributed by atoms with Crippen LogP contribution in [0.2, 0.25) is 0 Å². The maximum absolute atomic E-state index is 6.18. The molecule has 0 spiro atoms. The lowest BCUT2D eigenvalue weighted by molar-refractivity contribution is 0.174. The van der Waals surface area contributed by atoms with Crippen molar-refractivity contribution in [3.05, 3.63) is 18.2 Å². The summed E-state index contributed by atoms with van der Waals surface area (Å²) in [6.07, 6.45) is 0. The van der Waals surface area contributed by atoms with E-state index in [1.165, 1.54) is 0 Å². The van der Waals surface area contributed by atoms with E-state index in [4.69, 9.17) is 15.2 Å². The molecule has 3 heterocycles. The fourth-order valence-corrected chi connectivity index (χ4v) is 2.69. The van der Waals surface area contributed by atoms with Gasteiger partial charge in [-0.2, -0.15) is 10.1 Å². The van der Waals surface area contributed by atoms with Crippen LogP contribution < -0.4 is 20.5 Å². The van der Waals surface area contributed by atoms with Crippen molar-refractivity contribution < 1.29 is 9.47 Å². The molecule has 1 aliphatic heterocycles. The van der Waals surface area contributed by atoms with Crippen LogP contribution in [0.1, 0.15) is 13.8 Å². The molecular formula is C16H18N6O2. The number of fused-ring (bicyclic) bond motifs is 2. The number of nitrogens with one attached hydrogen (secondary N) is 1. The van der Waals surface area contributed by atoms with E-state index in [0.29, 0.717) is 28.9 Å². The molecule has 0 radical (unpaired) electrons. The van der Waals surface area contributed by atoms with Crippen molar-refractivity contribution in [3.63, 3.8) is 0 Å². The van der Waals surface area contributed by atoms with Gasteiger partial charge in [0.25, 0.3) is 0 Å². The Labute approximate surface area is 138 Å². The molecule has 0 bridgehead atoms. The highest BCUT2D eigenvalue weighted by molar-refractivity contribution is 5.99. The highest BCUT2D eigenvalue weighted by atomic mass is 16.7. The molecule has 1 aromatic carbocycles. The van der Waals surface area contributed by atoms with Crippen LogP contribution in [0, 0.1) is 0 Å². The molecule has 1 aliphatic rings. The van der Waals surface area contributed by atoms with Crippen LogP contribution >= 0.6 is 0 Å². The lowest BCUT2D eigenvalue weighted by Crippen LogP contribution is -2.13. The Morgan fingerprint density at radius 2 is 2.00 bits per heavy atom. The second kappa shape index (κ2) is 5.26. The third-order valence-electron chi connectivity index (χ3n) is 3.80. The second-order valence-electron chi connectivity index (χ2n) is 5.97. The minimum absolute atomic E-state index is 0.202. The van der Waals surface area contributed by atoms with Gasteiger partial charge in [0.2, 0.25) is 12.7 Å². The first-order valence-corrected chi connectivity index (χ1v) is 7.69. The molecule has 24 heavy (non-hydrogen) atoms. The van der Waals surface area contributed by atoms with Crippen LogP contribution in [-0.2, 0) is 7.05 Å². The van der Waals surface area contributed by atoms with E-state index in [9.17, 15) is 0 Å². The van der Waals surface area contributed by atoms with Crippen LogP contribution in [0.3, 0.4) is 0 Å². The van der Waals surface area contributed by atoms with E-state index in [1.54, 1.807) is 11.7 Å². The quantitative estimate of drug-likeness (QED) is 0.760. The highest BCUT2D eigenvalue weighted by Crippen LogP contribution is 2.38. The van der Waals surface area contributed by atoms with Crippen LogP contribution in [0.25, 0.3) is 22.3 Å². The van der Waals surface area contributed by atoms with Crippen LogP contribution in [-0.4, -0.2) is 32.6 Å². The van der Waals surface area contributed by atoms with E-state index >= 15 is 0 Å². The normalized spacial score (nSPS) is 13.0. The summed E-state index contributed by atoms with van der Waals surface area (Å²) in [6, 6.07) is 5.90. The summed E-state index contributed by atoms with van der Waals surface area (Å²) < 4.78 is 12.4. The van der Waals surface area contributed by atoms with E-state index in [-0.39, 0.29) is 12.8 Å². The molecule has 0 fully saturated rings. The van der Waals surface area contributed by atoms with Gasteiger partial charge >= 0.3 is 0 Å². The molecule has 124 valence electrons. The number of aromatic nitrogens is 4. The molecule has 0 unspecified atom stereocenters. The predicted octanol–water partition coefficient (Wildman–Crippen LogP) is 2.16. The Balaban J connectivity index is 1.95. The Morgan fingerprint density at radius 3 is 2.79 bits per heavy atom. The Bertz CT molecular complexity index is 934. The molecule has 8 heteroatoms. The fraction of sp³-hybridized carbons (Fsp3) is 0.312. The van der Waals surface area contributed by atoms with Crippen molar-refractivity contribution in [3.8, 4) is 22.8 Å². The first-order chi connectivity index (χ1) is 11.5. The molecular weight excluding hydrogens is 308 g/mol. The van der Waals surface area contributed by atoms with Gasteiger partial charge in [-0.15, -0.1) is 0 Å². The molecule has 3 N–H and O–H groups in total. The zero-order valence-electron chi connectivity index (χ0n) is 13.7. The Morgan fingerprint density at radius 1 is 1.21 bits per heavy atom. The third-order valence-corrected chi connectivity index (χ3v) is 3.80. The largest absolute Gasteiger partial charge is 0.454 e. The third kappa shape index (κ3) is 2.27. The van der Waals surface area contributed by atoms with Crippen molar-refractivity contribution in [2.45, 2.75) is 19.9 Å². The molecule has 2 aromatic heterocycles. The van der Waals surface area contributed by atoms with E-state index in [1.807, 2.05) is 32.0 Å². The number of nitrogens with two attached hydrogens (primary N) is 1. The summed E-state index contributed by atoms with van der Waals surface area (Å²) in [5.74, 6) is 2.46. The average molecular weight is 326 g/mol. The second-order valence-corrected chi connectivity index (χ2v) is 5.97. The fourth-order valence-electron chi connectivity index (χ4n) is 2.69. The zero-order valence-corrected chi connectivity index (χ0v) is 13.7. The minimum Gasteiger partial charge on any atom is -0.454 e. The Kier molecular flexibility index (Phi) is 3.19. The van der Waals surface area contributed by atoms with Gasteiger partial charge in [-0.3, -0.25) is 4.68 Å². The Hall–Kier alpha value is -3.03. The summed E-state index contributed by atoms with van der Waals surface area (Å²) in [7, 11) is 1.79. The topological polar surface area (TPSA) is 100 Å². The molecule has 0 saturated heterocycles. The molecule has 3 aromatic rings. The standard InChI is InChI=1S/C16H18N6O2/c1-8(2)18-16-19-13(12-14(17)22(3)21-15(12)20-16)9-4-5-10-11(6-9)24-7-23-10/h4-6,8H,7,17H2,1-3H3,(H,18,20,21). The van der Waals surface area contributed by atoms with Crippen LogP contribution in [0.15, 0.2) is 18.2 Å². The highest BCUT2D eigenvalue weighted by Gasteiger charge is 2.20. The van der Waals surface area contributed by atoms with Gasteiger partial charge in [0.1, 0.15) is 5.82 Å². The van der Waals surface area contributed by atoms with Gasteiger partial charge in [0.05, 0.1) is 11.1 Å². The molecule has 8 nitrogen and oxygen atoms in total. The first-order valence-electron chi connectivity index (χ1n) is 7.69. The monoisotopic (exact) mass is 326 g/mol. The summed E-state index contributed by atoms with van der Waals surface area (Å²) in [5.41, 5.74) is 8.33. The van der Waals surface area contributed by atoms with Crippen molar-refractivity contribution >= 4 is 22.8 Å². The van der Waals surface area contributed by atoms with E-state index in [0.717, 1.165) is 16.7 Å². The number of rotatable bonds is 3. The number of ether oxygens (including phenoxy) is 2. The van der Waals surface area contributed by atoms with Gasteiger partial charge in [0.15, 0.2) is 17.1 Å². The summed E-state index contributed by atoms with van der Waals surface area (Å²) in [4.78, 5) is 9.12. The van der Waals surface area contributed by atoms with Gasteiger partial charge in [-0.25, -0.2) is 4.98 Å². The van der Waals surface area contributed by atoms with Crippen molar-refractivity contribution in [2.24, 2.45) is 7.05 Å². The number of nitrogen functional groups attached to an aromatic ring is 1. The maximum atomic E-state index is 6.18. The van der Waals surface area contributed by atoms with E-state index in [2.05, 4.69) is 20.4 Å². The zero-order chi connectivity index (χ0) is 16.8. The van der Waals surface area contributed by atoms with E-state index < -0.39 is 0 Å². The maximum Gasteiger partial charge on any atom is 0.231 e. The van der Waals surface area contributed by atoms with Gasteiger partial charge in [0, 0.05) is 18.7 Å². The number of anilines is 2. The average Bonchev–Trinajstić information content (AvgIpc) is 3.10. The predicted molar refractivity (Wildman–Crippen MR) is 91.0 cm³/mol. The summed E-state index contributed by atoms with van der Waals surface area (Å²) >= 11 is 0. The molecule has 0 aliphatic carbocycles. The number of benzene rings is 1. The summed E-state index contributed by atoms with van der Waals surface area (Å²) in [5, 5.41) is 8.33. The van der Waals surface area contributed by atoms with Gasteiger partial charge < -0.3 is 20.5 Å². The smallest absolute Gasteiger partial charge is 0.231 e. The minimum atomic E-state index is 0.202. The van der Waals surface area contributed by atoms with Gasteiger partial charge in [-0.1, -0.05) is 0 Å². The lowest BCUT2D eigenvalue weighted by atomic mass is 10.1. The number of aryl methyl sites for hydroxylation is 1. The van der Waals surface area contributed by atoms with Crippen molar-refractivity contribution in [1.29, 1.82) is 0 Å². The molecule has 4 rings (SSSR count). The van der Waals surface area contributed by atoms with Crippen molar-refractivity contribution in [1.82, 2.24) is 19.7 Å². The number of hydrogen-bond acceptors (Lipinski definition) is 7. The van der Waals surface area contributed by atoms with Crippen LogP contribution in [0.5, 0.6) is 11.5 Å². The molecule has 0 amide bonds. The molecule has 0 saturated carbocycles. The lowest BCUT2D eigenvalue weighted by Gasteiger charge is -2.11. The van der Waals surface area contributed by atoms with Gasteiger partial charge in [-0.05, 0) is 32.0 Å². The van der Waals surface area contributed by atoms with Crippen molar-refractivity contribution in [2.75, 3.05) is 17.8 Å². The number of hydrogen-bond donors (Lipinski definition) is 2. The summed E-state index contributed by atoms with van der Waals surface area (Å²) in [6.45, 7) is 4.29.